The third kappa shape index (κ3) is 2.56. The topological polar surface area (TPSA) is 27.1 Å². The summed E-state index contributed by atoms with van der Waals surface area (Å²) in [5.74, 6) is 0.217. The highest BCUT2D eigenvalue weighted by atomic mass is 19.1. The smallest absolute Gasteiger partial charge is 0.132 e. The van der Waals surface area contributed by atoms with Crippen molar-refractivity contribution in [3.8, 4) is 5.75 Å². The summed E-state index contributed by atoms with van der Waals surface area (Å²) in [4.78, 5) is 4.10. The fourth-order valence-electron chi connectivity index (χ4n) is 1.26. The number of ether oxygens (including phenoxy) is 1. The Morgan fingerprint density at radius 1 is 1.47 bits per heavy atom. The van der Waals surface area contributed by atoms with Crippen LogP contribution < -0.4 is 4.74 Å². The van der Waals surface area contributed by atoms with E-state index in [4.69, 9.17) is 4.74 Å². The van der Waals surface area contributed by atoms with Crippen LogP contribution in [0.5, 0.6) is 5.75 Å². The fourth-order valence-corrected chi connectivity index (χ4v) is 1.26. The number of halogens is 1. The molecule has 1 aromatic carbocycles. The van der Waals surface area contributed by atoms with Crippen LogP contribution in [0.3, 0.4) is 0 Å². The molecule has 0 radical (unpaired) electrons. The summed E-state index contributed by atoms with van der Waals surface area (Å²) in [6, 6.07) is 6.06. The van der Waals surface area contributed by atoms with E-state index < -0.39 is 0 Å². The highest BCUT2D eigenvalue weighted by molar-refractivity contribution is 5.22. The van der Waals surface area contributed by atoms with Crippen LogP contribution in [0.4, 0.5) is 4.39 Å². The number of hydrogen-bond acceptors (Lipinski definition) is 2. The minimum absolute atomic E-state index is 0.298. The zero-order valence-electron chi connectivity index (χ0n) is 8.35. The highest BCUT2D eigenvalue weighted by Crippen LogP contribution is 2.13. The average Bonchev–Trinajstić information content (AvgIpc) is 2.62. The van der Waals surface area contributed by atoms with Crippen molar-refractivity contribution < 1.29 is 9.13 Å². The summed E-state index contributed by atoms with van der Waals surface area (Å²) in [5.41, 5.74) is 0.821. The summed E-state index contributed by atoms with van der Waals surface area (Å²) in [7, 11) is 1.89. The van der Waals surface area contributed by atoms with Crippen LogP contribution in [-0.4, -0.2) is 9.55 Å². The van der Waals surface area contributed by atoms with Crippen molar-refractivity contribution in [1.82, 2.24) is 9.55 Å². The van der Waals surface area contributed by atoms with Gasteiger partial charge in [0.25, 0.3) is 0 Å². The van der Waals surface area contributed by atoms with E-state index in [1.807, 2.05) is 17.8 Å². The molecule has 0 bridgehead atoms. The molecule has 0 fully saturated rings. The molecule has 78 valence electrons. The van der Waals surface area contributed by atoms with Gasteiger partial charge in [-0.05, 0) is 12.1 Å². The summed E-state index contributed by atoms with van der Waals surface area (Å²) in [6.45, 7) is 0.351. The Bertz CT molecular complexity index is 453. The van der Waals surface area contributed by atoms with Gasteiger partial charge in [0, 0.05) is 19.3 Å². The Kier molecular flexibility index (Phi) is 2.67. The van der Waals surface area contributed by atoms with E-state index in [-0.39, 0.29) is 5.82 Å². The van der Waals surface area contributed by atoms with Crippen LogP contribution in [0.2, 0.25) is 0 Å². The second kappa shape index (κ2) is 4.13. The van der Waals surface area contributed by atoms with Gasteiger partial charge < -0.3 is 9.30 Å². The van der Waals surface area contributed by atoms with Gasteiger partial charge in [0.2, 0.25) is 0 Å². The van der Waals surface area contributed by atoms with Crippen LogP contribution in [-0.2, 0) is 13.7 Å². The number of imidazole rings is 1. The first-order valence-electron chi connectivity index (χ1n) is 4.59. The molecular formula is C11H11FN2O. The summed E-state index contributed by atoms with van der Waals surface area (Å²) >= 11 is 0. The molecule has 0 saturated heterocycles. The lowest BCUT2D eigenvalue weighted by atomic mass is 10.3. The van der Waals surface area contributed by atoms with Crippen LogP contribution in [0, 0.1) is 5.82 Å². The maximum absolute atomic E-state index is 12.8. The lowest BCUT2D eigenvalue weighted by Gasteiger charge is -2.03. The van der Waals surface area contributed by atoms with E-state index >= 15 is 0 Å². The van der Waals surface area contributed by atoms with Gasteiger partial charge in [-0.2, -0.15) is 0 Å². The second-order valence-corrected chi connectivity index (χ2v) is 3.28. The molecule has 15 heavy (non-hydrogen) atoms. The molecule has 1 heterocycles. The zero-order valence-corrected chi connectivity index (χ0v) is 8.35. The Morgan fingerprint density at radius 2 is 2.33 bits per heavy atom. The van der Waals surface area contributed by atoms with E-state index in [0.717, 1.165) is 5.69 Å². The molecule has 0 atom stereocenters. The van der Waals surface area contributed by atoms with Crippen molar-refractivity contribution in [3.05, 3.63) is 48.3 Å². The normalized spacial score (nSPS) is 10.3. The molecule has 3 nitrogen and oxygen atoms in total. The first-order valence-corrected chi connectivity index (χ1v) is 4.59. The molecule has 2 aromatic rings. The minimum atomic E-state index is -0.298. The van der Waals surface area contributed by atoms with Crippen molar-refractivity contribution in [2.24, 2.45) is 7.05 Å². The van der Waals surface area contributed by atoms with Crippen LogP contribution in [0.1, 0.15) is 5.69 Å². The van der Waals surface area contributed by atoms with E-state index in [1.54, 1.807) is 18.5 Å². The molecule has 0 saturated carbocycles. The Hall–Kier alpha value is -1.84. The average molecular weight is 206 g/mol. The largest absolute Gasteiger partial charge is 0.487 e. The lowest BCUT2D eigenvalue weighted by molar-refractivity contribution is 0.300. The van der Waals surface area contributed by atoms with E-state index in [9.17, 15) is 4.39 Å². The minimum Gasteiger partial charge on any atom is -0.487 e. The molecule has 2 rings (SSSR count). The fraction of sp³-hybridized carbons (Fsp3) is 0.182. The van der Waals surface area contributed by atoms with Gasteiger partial charge >= 0.3 is 0 Å². The summed E-state index contributed by atoms with van der Waals surface area (Å²) in [6.07, 6.45) is 3.56. The molecule has 0 spiro atoms. The SMILES string of the molecule is Cn1cnc(COc2cccc(F)c2)c1. The van der Waals surface area contributed by atoms with E-state index in [1.165, 1.54) is 12.1 Å². The monoisotopic (exact) mass is 206 g/mol. The molecule has 0 amide bonds. The van der Waals surface area contributed by atoms with E-state index in [0.29, 0.717) is 12.4 Å². The quantitative estimate of drug-likeness (QED) is 0.769. The standard InChI is InChI=1S/C11H11FN2O/c1-14-6-10(13-8-14)7-15-11-4-2-3-9(12)5-11/h2-6,8H,7H2,1H3. The van der Waals surface area contributed by atoms with Gasteiger partial charge in [-0.1, -0.05) is 6.07 Å². The van der Waals surface area contributed by atoms with Gasteiger partial charge in [-0.3, -0.25) is 0 Å². The third-order valence-electron chi connectivity index (χ3n) is 1.94. The highest BCUT2D eigenvalue weighted by Gasteiger charge is 1.99. The predicted molar refractivity (Wildman–Crippen MR) is 53.9 cm³/mol. The zero-order chi connectivity index (χ0) is 10.7. The number of nitrogens with zero attached hydrogens (tertiary/aromatic N) is 2. The number of benzene rings is 1. The second-order valence-electron chi connectivity index (χ2n) is 3.28. The maximum atomic E-state index is 12.8. The number of hydrogen-bond donors (Lipinski definition) is 0. The first-order chi connectivity index (χ1) is 7.24. The summed E-state index contributed by atoms with van der Waals surface area (Å²) < 4.78 is 20.0. The Balaban J connectivity index is 1.99. The molecule has 0 aliphatic heterocycles. The number of aryl methyl sites for hydroxylation is 1. The van der Waals surface area contributed by atoms with Gasteiger partial charge in [0.1, 0.15) is 18.2 Å². The van der Waals surface area contributed by atoms with Crippen molar-refractivity contribution in [2.45, 2.75) is 6.61 Å². The summed E-state index contributed by atoms with van der Waals surface area (Å²) in [5, 5.41) is 0. The predicted octanol–water partition coefficient (Wildman–Crippen LogP) is 2.14. The molecule has 0 unspecified atom stereocenters. The Morgan fingerprint density at radius 3 is 3.00 bits per heavy atom. The van der Waals surface area contributed by atoms with Crippen molar-refractivity contribution >= 4 is 0 Å². The van der Waals surface area contributed by atoms with Crippen molar-refractivity contribution in [1.29, 1.82) is 0 Å². The molecule has 1 aromatic heterocycles. The molecule has 0 aliphatic rings. The van der Waals surface area contributed by atoms with E-state index in [2.05, 4.69) is 4.98 Å². The van der Waals surface area contributed by atoms with Crippen LogP contribution in [0.15, 0.2) is 36.8 Å². The van der Waals surface area contributed by atoms with Crippen molar-refractivity contribution in [2.75, 3.05) is 0 Å². The van der Waals surface area contributed by atoms with Crippen LogP contribution >= 0.6 is 0 Å². The van der Waals surface area contributed by atoms with Gasteiger partial charge in [0.05, 0.1) is 12.0 Å². The Labute approximate surface area is 87.1 Å². The third-order valence-corrected chi connectivity index (χ3v) is 1.94. The van der Waals surface area contributed by atoms with Crippen LogP contribution in [0.25, 0.3) is 0 Å². The lowest BCUT2D eigenvalue weighted by Crippen LogP contribution is -1.95. The van der Waals surface area contributed by atoms with Crippen molar-refractivity contribution in [3.63, 3.8) is 0 Å². The molecule has 0 N–H and O–H groups in total. The molecular weight excluding hydrogens is 195 g/mol. The van der Waals surface area contributed by atoms with Gasteiger partial charge in [0.15, 0.2) is 0 Å². The molecule has 0 aliphatic carbocycles. The maximum Gasteiger partial charge on any atom is 0.132 e. The van der Waals surface area contributed by atoms with Gasteiger partial charge in [-0.15, -0.1) is 0 Å². The number of rotatable bonds is 3. The first kappa shape index (κ1) is 9.71. The van der Waals surface area contributed by atoms with Gasteiger partial charge in [-0.25, -0.2) is 9.37 Å². The number of aromatic nitrogens is 2. The molecule has 4 heteroatoms.